The molecule has 1 rings (SSSR count). The van der Waals surface area contributed by atoms with E-state index in [0.29, 0.717) is 12.0 Å². The highest BCUT2D eigenvalue weighted by Gasteiger charge is 2.32. The maximum absolute atomic E-state index is 11.9. The third kappa shape index (κ3) is 3.06. The molecule has 4 nitrogen and oxygen atoms in total. The summed E-state index contributed by atoms with van der Waals surface area (Å²) < 4.78 is 0. The zero-order chi connectivity index (χ0) is 13.1. The summed E-state index contributed by atoms with van der Waals surface area (Å²) in [6.45, 7) is 5.15. The molecular weight excluding hydrogens is 218 g/mol. The minimum Gasteiger partial charge on any atom is -0.480 e. The molecule has 0 aliphatic rings. The smallest absolute Gasteiger partial charge is 0.329 e. The Morgan fingerprint density at radius 2 is 1.82 bits per heavy atom. The summed E-state index contributed by atoms with van der Waals surface area (Å²) >= 11 is 0. The van der Waals surface area contributed by atoms with Gasteiger partial charge in [0.1, 0.15) is 5.54 Å². The number of aliphatic carboxylic acids is 1. The first-order chi connectivity index (χ1) is 7.89. The van der Waals surface area contributed by atoms with Crippen LogP contribution in [0.4, 0.5) is 0 Å². The fraction of sp³-hybridized carbons (Fsp3) is 0.385. The fourth-order valence-corrected chi connectivity index (χ4v) is 1.32. The lowest BCUT2D eigenvalue weighted by molar-refractivity contribution is -0.143. The number of hydrogen-bond donors (Lipinski definition) is 2. The number of nitrogens with one attached hydrogen (secondary N) is 1. The molecule has 0 fully saturated rings. The van der Waals surface area contributed by atoms with Crippen molar-refractivity contribution >= 4 is 11.9 Å². The zero-order valence-electron chi connectivity index (χ0n) is 10.3. The largest absolute Gasteiger partial charge is 0.480 e. The monoisotopic (exact) mass is 235 g/mol. The average Bonchev–Trinajstić information content (AvgIpc) is 2.29. The lowest BCUT2D eigenvalue weighted by atomic mass is 9.98. The van der Waals surface area contributed by atoms with Crippen molar-refractivity contribution in [3.8, 4) is 0 Å². The van der Waals surface area contributed by atoms with E-state index < -0.39 is 11.5 Å². The van der Waals surface area contributed by atoms with Crippen molar-refractivity contribution in [1.82, 2.24) is 5.32 Å². The van der Waals surface area contributed by atoms with Gasteiger partial charge in [-0.2, -0.15) is 0 Å². The maximum atomic E-state index is 11.9. The highest BCUT2D eigenvalue weighted by molar-refractivity contribution is 5.97. The Morgan fingerprint density at radius 1 is 1.29 bits per heavy atom. The quantitative estimate of drug-likeness (QED) is 0.838. The predicted octanol–water partition coefficient (Wildman–Crippen LogP) is 1.98. The molecule has 0 heterocycles. The van der Waals surface area contributed by atoms with Crippen LogP contribution in [0.2, 0.25) is 0 Å². The number of aryl methyl sites for hydroxylation is 1. The van der Waals surface area contributed by atoms with Crippen LogP contribution in [-0.4, -0.2) is 22.5 Å². The van der Waals surface area contributed by atoms with Gasteiger partial charge in [0.25, 0.3) is 5.91 Å². The maximum Gasteiger partial charge on any atom is 0.329 e. The van der Waals surface area contributed by atoms with Crippen LogP contribution in [0.25, 0.3) is 0 Å². The van der Waals surface area contributed by atoms with Crippen molar-refractivity contribution in [2.75, 3.05) is 0 Å². The predicted molar refractivity (Wildman–Crippen MR) is 65.0 cm³/mol. The van der Waals surface area contributed by atoms with Crippen molar-refractivity contribution in [3.05, 3.63) is 35.4 Å². The van der Waals surface area contributed by atoms with E-state index in [9.17, 15) is 9.59 Å². The highest BCUT2D eigenvalue weighted by Crippen LogP contribution is 2.11. The molecule has 1 aromatic rings. The molecule has 0 bridgehead atoms. The number of amides is 1. The first kappa shape index (κ1) is 13.2. The van der Waals surface area contributed by atoms with Gasteiger partial charge in [-0.05, 0) is 32.4 Å². The van der Waals surface area contributed by atoms with E-state index in [1.165, 1.54) is 6.92 Å². The van der Waals surface area contributed by atoms with Gasteiger partial charge in [0.05, 0.1) is 0 Å². The van der Waals surface area contributed by atoms with Crippen LogP contribution < -0.4 is 5.32 Å². The van der Waals surface area contributed by atoms with Crippen LogP contribution in [0.1, 0.15) is 36.2 Å². The molecule has 1 amide bonds. The summed E-state index contributed by atoms with van der Waals surface area (Å²) in [7, 11) is 0. The van der Waals surface area contributed by atoms with Crippen LogP contribution in [0, 0.1) is 6.92 Å². The highest BCUT2D eigenvalue weighted by atomic mass is 16.4. The standard InChI is InChI=1S/C13H17NO3/c1-4-13(3,12(16)17)14-11(15)10-7-5-9(2)6-8-10/h5-8H,4H2,1-3H3,(H,14,15)(H,16,17). The molecule has 17 heavy (non-hydrogen) atoms. The first-order valence-corrected chi connectivity index (χ1v) is 5.51. The second-order valence-corrected chi connectivity index (χ2v) is 4.31. The number of rotatable bonds is 4. The molecule has 0 radical (unpaired) electrons. The fourth-order valence-electron chi connectivity index (χ4n) is 1.32. The first-order valence-electron chi connectivity index (χ1n) is 5.51. The van der Waals surface area contributed by atoms with Gasteiger partial charge in [-0.3, -0.25) is 4.79 Å². The number of hydrogen-bond acceptors (Lipinski definition) is 2. The number of benzene rings is 1. The molecule has 1 aromatic carbocycles. The molecule has 92 valence electrons. The molecular formula is C13H17NO3. The van der Waals surface area contributed by atoms with Gasteiger partial charge in [0.15, 0.2) is 0 Å². The topological polar surface area (TPSA) is 66.4 Å². The van der Waals surface area contributed by atoms with Crippen molar-refractivity contribution in [2.45, 2.75) is 32.7 Å². The lowest BCUT2D eigenvalue weighted by Crippen LogP contribution is -2.51. The van der Waals surface area contributed by atoms with Gasteiger partial charge in [-0.25, -0.2) is 4.79 Å². The molecule has 0 aliphatic carbocycles. The van der Waals surface area contributed by atoms with Gasteiger partial charge in [-0.1, -0.05) is 24.6 Å². The molecule has 1 unspecified atom stereocenters. The summed E-state index contributed by atoms with van der Waals surface area (Å²) in [5, 5.41) is 11.6. The van der Waals surface area contributed by atoms with E-state index in [4.69, 9.17) is 5.11 Å². The molecule has 0 aliphatic heterocycles. The van der Waals surface area contributed by atoms with E-state index in [1.54, 1.807) is 19.1 Å². The molecule has 0 spiro atoms. The Balaban J connectivity index is 2.85. The summed E-state index contributed by atoms with van der Waals surface area (Å²) in [5.74, 6) is -1.39. The minimum atomic E-state index is -1.22. The summed E-state index contributed by atoms with van der Waals surface area (Å²) in [6, 6.07) is 7.00. The molecule has 1 atom stereocenters. The Labute approximate surface area is 101 Å². The Bertz CT molecular complexity index is 425. The number of carbonyl (C=O) groups excluding carboxylic acids is 1. The normalized spacial score (nSPS) is 13.8. The van der Waals surface area contributed by atoms with E-state index in [2.05, 4.69) is 5.32 Å². The average molecular weight is 235 g/mol. The second-order valence-electron chi connectivity index (χ2n) is 4.31. The van der Waals surface area contributed by atoms with Crippen LogP contribution in [0.5, 0.6) is 0 Å². The van der Waals surface area contributed by atoms with E-state index >= 15 is 0 Å². The number of carboxylic acids is 1. The summed E-state index contributed by atoms with van der Waals surface area (Å²) in [6.07, 6.45) is 0.333. The molecule has 0 aromatic heterocycles. The van der Waals surface area contributed by atoms with Crippen molar-refractivity contribution in [3.63, 3.8) is 0 Å². The van der Waals surface area contributed by atoms with E-state index in [0.717, 1.165) is 5.56 Å². The minimum absolute atomic E-state index is 0.333. The second kappa shape index (κ2) is 4.99. The van der Waals surface area contributed by atoms with Crippen LogP contribution in [0.3, 0.4) is 0 Å². The van der Waals surface area contributed by atoms with Crippen molar-refractivity contribution < 1.29 is 14.7 Å². The van der Waals surface area contributed by atoms with E-state index in [-0.39, 0.29) is 5.91 Å². The van der Waals surface area contributed by atoms with Crippen molar-refractivity contribution in [1.29, 1.82) is 0 Å². The number of carbonyl (C=O) groups is 2. The van der Waals surface area contributed by atoms with Gasteiger partial charge in [-0.15, -0.1) is 0 Å². The van der Waals surface area contributed by atoms with Crippen molar-refractivity contribution in [2.24, 2.45) is 0 Å². The molecule has 4 heteroatoms. The molecule has 2 N–H and O–H groups in total. The van der Waals surface area contributed by atoms with Crippen LogP contribution in [-0.2, 0) is 4.79 Å². The lowest BCUT2D eigenvalue weighted by Gasteiger charge is -2.24. The Morgan fingerprint density at radius 3 is 2.24 bits per heavy atom. The van der Waals surface area contributed by atoms with Crippen LogP contribution >= 0.6 is 0 Å². The number of carboxylic acid groups (broad SMARTS) is 1. The SMILES string of the molecule is CCC(C)(NC(=O)c1ccc(C)cc1)C(=O)O. The molecule has 0 saturated carbocycles. The third-order valence-electron chi connectivity index (χ3n) is 2.88. The van der Waals surface area contributed by atoms with Gasteiger partial charge < -0.3 is 10.4 Å². The zero-order valence-corrected chi connectivity index (χ0v) is 10.3. The van der Waals surface area contributed by atoms with Gasteiger partial charge in [0.2, 0.25) is 0 Å². The molecule has 0 saturated heterocycles. The summed E-state index contributed by atoms with van der Waals surface area (Å²) in [4.78, 5) is 22.9. The third-order valence-corrected chi connectivity index (χ3v) is 2.88. The van der Waals surface area contributed by atoms with Gasteiger partial charge >= 0.3 is 5.97 Å². The Kier molecular flexibility index (Phi) is 3.89. The van der Waals surface area contributed by atoms with Crippen LogP contribution in [0.15, 0.2) is 24.3 Å². The van der Waals surface area contributed by atoms with Gasteiger partial charge in [0, 0.05) is 5.56 Å². The van der Waals surface area contributed by atoms with E-state index in [1.807, 2.05) is 19.1 Å². The summed E-state index contributed by atoms with van der Waals surface area (Å²) in [5.41, 5.74) is 0.302. The Hall–Kier alpha value is -1.84.